The number of hydrazone groups is 1. The first-order valence-electron chi connectivity index (χ1n) is 9.82. The van der Waals surface area contributed by atoms with Crippen LogP contribution in [0.25, 0.3) is 0 Å². The Labute approximate surface area is 183 Å². The molecule has 1 N–H and O–H groups in total. The highest BCUT2D eigenvalue weighted by atomic mass is 32.1. The van der Waals surface area contributed by atoms with Gasteiger partial charge >= 0.3 is 5.97 Å². The number of aliphatic carboxylic acids is 1. The van der Waals surface area contributed by atoms with Crippen LogP contribution in [0.15, 0.2) is 65.1 Å². The number of carboxylic acids is 1. The fourth-order valence-electron chi connectivity index (χ4n) is 4.01. The van der Waals surface area contributed by atoms with Crippen LogP contribution in [0.2, 0.25) is 0 Å². The van der Waals surface area contributed by atoms with Crippen LogP contribution in [0.5, 0.6) is 17.2 Å². The van der Waals surface area contributed by atoms with Gasteiger partial charge in [0.25, 0.3) is 0 Å². The van der Waals surface area contributed by atoms with Crippen molar-refractivity contribution in [3.8, 4) is 17.2 Å². The molecule has 0 radical (unpaired) electrons. The van der Waals surface area contributed by atoms with E-state index in [0.717, 1.165) is 28.3 Å². The molecule has 0 bridgehead atoms. The van der Waals surface area contributed by atoms with Gasteiger partial charge in [0.2, 0.25) is 6.23 Å². The van der Waals surface area contributed by atoms with Gasteiger partial charge in [0.1, 0.15) is 5.75 Å². The molecule has 2 aromatic carbocycles. The number of rotatable bonds is 6. The maximum Gasteiger partial charge on any atom is 0.341 e. The third kappa shape index (κ3) is 3.48. The number of thiophene rings is 1. The Morgan fingerprint density at radius 1 is 1.19 bits per heavy atom. The van der Waals surface area contributed by atoms with Crippen molar-refractivity contribution in [1.29, 1.82) is 0 Å². The lowest BCUT2D eigenvalue weighted by molar-refractivity contribution is -0.139. The van der Waals surface area contributed by atoms with Crippen molar-refractivity contribution in [1.82, 2.24) is 5.01 Å². The highest BCUT2D eigenvalue weighted by Crippen LogP contribution is 2.50. The van der Waals surface area contributed by atoms with Crippen LogP contribution in [-0.4, -0.2) is 35.5 Å². The summed E-state index contributed by atoms with van der Waals surface area (Å²) < 4.78 is 17.5. The van der Waals surface area contributed by atoms with E-state index in [1.807, 2.05) is 46.8 Å². The predicted octanol–water partition coefficient (Wildman–Crippen LogP) is 4.46. The van der Waals surface area contributed by atoms with E-state index < -0.39 is 18.8 Å². The van der Waals surface area contributed by atoms with Crippen molar-refractivity contribution in [2.45, 2.75) is 18.7 Å². The zero-order valence-corrected chi connectivity index (χ0v) is 17.5. The molecule has 2 aliphatic heterocycles. The van der Waals surface area contributed by atoms with E-state index in [2.05, 4.69) is 12.1 Å². The van der Waals surface area contributed by atoms with Crippen molar-refractivity contribution in [2.75, 3.05) is 13.7 Å². The van der Waals surface area contributed by atoms with E-state index in [-0.39, 0.29) is 6.04 Å². The van der Waals surface area contributed by atoms with Gasteiger partial charge in [-0.15, -0.1) is 11.3 Å². The standard InChI is InChI=1S/C23H20N2O5S/c1-28-19-9-4-7-15(22(19)29-13-21(26)27)23-25-17(14-6-2-3-8-18(14)30-23)12-16(24-25)20-10-5-11-31-20/h2-11,17,23H,12-13H2,1H3,(H,26,27)/t17-,23-/m0/s1. The van der Waals surface area contributed by atoms with Crippen molar-refractivity contribution >= 4 is 23.0 Å². The molecule has 8 heteroatoms. The Morgan fingerprint density at radius 2 is 2.03 bits per heavy atom. The van der Waals surface area contributed by atoms with Crippen LogP contribution in [0.3, 0.4) is 0 Å². The normalized spacial score (nSPS) is 19.1. The molecule has 0 amide bonds. The van der Waals surface area contributed by atoms with Crippen LogP contribution in [0, 0.1) is 0 Å². The Kier molecular flexibility index (Phi) is 4.99. The number of carbonyl (C=O) groups is 1. The second-order valence-corrected chi connectivity index (χ2v) is 8.14. The van der Waals surface area contributed by atoms with Gasteiger partial charge < -0.3 is 19.3 Å². The highest BCUT2D eigenvalue weighted by molar-refractivity contribution is 7.12. The number of carboxylic acid groups (broad SMARTS) is 1. The van der Waals surface area contributed by atoms with Crippen LogP contribution in [-0.2, 0) is 4.79 Å². The number of benzene rings is 2. The van der Waals surface area contributed by atoms with Gasteiger partial charge in [-0.3, -0.25) is 0 Å². The number of hydrogen-bond acceptors (Lipinski definition) is 7. The molecule has 0 aliphatic carbocycles. The lowest BCUT2D eigenvalue weighted by Gasteiger charge is -2.38. The molecule has 0 fully saturated rings. The zero-order valence-electron chi connectivity index (χ0n) is 16.7. The molecule has 5 rings (SSSR count). The van der Waals surface area contributed by atoms with E-state index in [9.17, 15) is 4.79 Å². The maximum absolute atomic E-state index is 11.2. The van der Waals surface area contributed by atoms with E-state index in [4.69, 9.17) is 24.4 Å². The minimum atomic E-state index is -1.07. The van der Waals surface area contributed by atoms with E-state index in [1.54, 1.807) is 17.4 Å². The molecular formula is C23H20N2O5S. The monoisotopic (exact) mass is 436 g/mol. The topological polar surface area (TPSA) is 80.6 Å². The number of fused-ring (bicyclic) bond motifs is 3. The van der Waals surface area contributed by atoms with Gasteiger partial charge in [-0.25, -0.2) is 9.80 Å². The van der Waals surface area contributed by atoms with Crippen LogP contribution >= 0.6 is 11.3 Å². The lowest BCUT2D eigenvalue weighted by atomic mass is 9.97. The fraction of sp³-hybridized carbons (Fsp3) is 0.217. The summed E-state index contributed by atoms with van der Waals surface area (Å²) in [5, 5.41) is 18.0. The Morgan fingerprint density at radius 3 is 2.81 bits per heavy atom. The van der Waals surface area contributed by atoms with Crippen molar-refractivity contribution in [3.63, 3.8) is 0 Å². The second-order valence-electron chi connectivity index (χ2n) is 7.19. The largest absolute Gasteiger partial charge is 0.493 e. The molecule has 158 valence electrons. The molecule has 0 saturated heterocycles. The van der Waals surface area contributed by atoms with Crippen molar-refractivity contribution in [2.24, 2.45) is 5.10 Å². The molecule has 7 nitrogen and oxygen atoms in total. The van der Waals surface area contributed by atoms with Crippen molar-refractivity contribution in [3.05, 3.63) is 76.0 Å². The smallest absolute Gasteiger partial charge is 0.341 e. The molecule has 3 aromatic rings. The first-order chi connectivity index (χ1) is 15.2. The molecule has 2 atom stereocenters. The van der Waals surface area contributed by atoms with Crippen molar-refractivity contribution < 1.29 is 24.1 Å². The average Bonchev–Trinajstić information content (AvgIpc) is 3.47. The summed E-state index contributed by atoms with van der Waals surface area (Å²) in [4.78, 5) is 12.3. The first-order valence-corrected chi connectivity index (χ1v) is 10.7. The molecule has 0 unspecified atom stereocenters. The summed E-state index contributed by atoms with van der Waals surface area (Å²) in [7, 11) is 1.52. The van der Waals surface area contributed by atoms with Gasteiger partial charge in [-0.2, -0.15) is 5.10 Å². The summed E-state index contributed by atoms with van der Waals surface area (Å²) in [5.41, 5.74) is 2.74. The molecule has 3 heterocycles. The van der Waals surface area contributed by atoms with E-state index in [0.29, 0.717) is 17.1 Å². The van der Waals surface area contributed by atoms with E-state index in [1.165, 1.54) is 7.11 Å². The third-order valence-corrected chi connectivity index (χ3v) is 6.26. The Bertz CT molecular complexity index is 1140. The molecule has 0 saturated carbocycles. The summed E-state index contributed by atoms with van der Waals surface area (Å²) in [6.45, 7) is -0.482. The average molecular weight is 436 g/mol. The number of hydrogen-bond donors (Lipinski definition) is 1. The fourth-order valence-corrected chi connectivity index (χ4v) is 4.73. The number of nitrogens with zero attached hydrogens (tertiary/aromatic N) is 2. The van der Waals surface area contributed by atoms with Gasteiger partial charge in [-0.05, 0) is 29.6 Å². The first kappa shape index (κ1) is 19.4. The molecule has 0 spiro atoms. The summed E-state index contributed by atoms with van der Waals surface area (Å²) in [6, 6.07) is 17.5. The SMILES string of the molecule is COc1cccc([C@@H]2Oc3ccccc3[C@@H]3CC(c4cccs4)=NN32)c1OCC(=O)O. The zero-order chi connectivity index (χ0) is 21.4. The minimum absolute atomic E-state index is 0.00516. The number of methoxy groups -OCH3 is 1. The molecule has 31 heavy (non-hydrogen) atoms. The lowest BCUT2D eigenvalue weighted by Crippen LogP contribution is -2.34. The highest BCUT2D eigenvalue weighted by Gasteiger charge is 2.42. The third-order valence-electron chi connectivity index (χ3n) is 5.34. The second kappa shape index (κ2) is 7.96. The molecule has 2 aliphatic rings. The minimum Gasteiger partial charge on any atom is -0.493 e. The maximum atomic E-state index is 11.2. The van der Waals surface area contributed by atoms with E-state index >= 15 is 0 Å². The van der Waals surface area contributed by atoms with Gasteiger partial charge in [0.05, 0.1) is 29.3 Å². The van der Waals surface area contributed by atoms with Gasteiger partial charge in [0, 0.05) is 12.0 Å². The van der Waals surface area contributed by atoms with Crippen LogP contribution < -0.4 is 14.2 Å². The van der Waals surface area contributed by atoms with Crippen LogP contribution in [0.4, 0.5) is 0 Å². The summed E-state index contributed by atoms with van der Waals surface area (Å²) >= 11 is 1.66. The molecule has 1 aromatic heterocycles. The van der Waals surface area contributed by atoms with Crippen LogP contribution in [0.1, 0.15) is 34.7 Å². The number of ether oxygens (including phenoxy) is 3. The quantitative estimate of drug-likeness (QED) is 0.614. The van der Waals surface area contributed by atoms with Gasteiger partial charge in [-0.1, -0.05) is 30.3 Å². The number of para-hydroxylation sites is 2. The Hall–Kier alpha value is -3.52. The summed E-state index contributed by atoms with van der Waals surface area (Å²) in [6.07, 6.45) is 0.170. The predicted molar refractivity (Wildman–Crippen MR) is 116 cm³/mol. The summed E-state index contributed by atoms with van der Waals surface area (Å²) in [5.74, 6) is 0.502. The van der Waals surface area contributed by atoms with Gasteiger partial charge in [0.15, 0.2) is 18.1 Å². The Balaban J connectivity index is 1.61. The molecular weight excluding hydrogens is 416 g/mol.